The number of amides is 1. The largest absolute Gasteiger partial charge is 0.496 e. The zero-order valence-corrected chi connectivity index (χ0v) is 12.6. The second kappa shape index (κ2) is 6.06. The first-order valence-corrected chi connectivity index (χ1v) is 7.90. The molecule has 0 bridgehead atoms. The Kier molecular flexibility index (Phi) is 4.15. The van der Waals surface area contributed by atoms with E-state index < -0.39 is 0 Å². The number of ether oxygens (including phenoxy) is 1. The van der Waals surface area contributed by atoms with Crippen LogP contribution in [-0.2, 0) is 11.2 Å². The lowest BCUT2D eigenvalue weighted by atomic mass is 9.94. The lowest BCUT2D eigenvalue weighted by Gasteiger charge is -2.21. The van der Waals surface area contributed by atoms with Crippen molar-refractivity contribution in [1.29, 1.82) is 0 Å². The minimum Gasteiger partial charge on any atom is -0.496 e. The molecule has 0 aliphatic heterocycles. The van der Waals surface area contributed by atoms with Crippen LogP contribution in [0.15, 0.2) is 18.2 Å². The van der Waals surface area contributed by atoms with Gasteiger partial charge in [-0.05, 0) is 55.3 Å². The number of fused-ring (bicyclic) bond motifs is 1. The van der Waals surface area contributed by atoms with Crippen LogP contribution in [0.2, 0.25) is 0 Å². The molecular weight excluding hydrogens is 264 g/mol. The fourth-order valence-corrected chi connectivity index (χ4v) is 3.90. The molecule has 0 aromatic heterocycles. The van der Waals surface area contributed by atoms with E-state index in [1.54, 1.807) is 7.11 Å². The number of nitrogens with one attached hydrogen (secondary N) is 1. The summed E-state index contributed by atoms with van der Waals surface area (Å²) < 4.78 is 5.42. The molecule has 2 aliphatic carbocycles. The molecule has 1 amide bonds. The van der Waals surface area contributed by atoms with Crippen molar-refractivity contribution in [3.05, 3.63) is 29.3 Å². The van der Waals surface area contributed by atoms with Crippen LogP contribution in [0.1, 0.15) is 42.9 Å². The standard InChI is InChI=1S/C17H24N2O2/c1-21-16-7-3-6-13-14(16)8-9-15(13)19-17(20)12-5-2-4-11(12)10-18/h3,6-7,11-12,15H,2,4-5,8-10,18H2,1H3,(H,19,20)/t11-,12-,15?/m1/s1. The highest BCUT2D eigenvalue weighted by Crippen LogP contribution is 2.38. The molecule has 4 nitrogen and oxygen atoms in total. The highest BCUT2D eigenvalue weighted by molar-refractivity contribution is 5.80. The third-order valence-electron chi connectivity index (χ3n) is 5.06. The third-order valence-corrected chi connectivity index (χ3v) is 5.06. The highest BCUT2D eigenvalue weighted by atomic mass is 16.5. The molecule has 1 aromatic carbocycles. The van der Waals surface area contributed by atoms with Gasteiger partial charge in [-0.25, -0.2) is 0 Å². The zero-order chi connectivity index (χ0) is 14.8. The van der Waals surface area contributed by atoms with E-state index in [4.69, 9.17) is 10.5 Å². The summed E-state index contributed by atoms with van der Waals surface area (Å²) in [5.41, 5.74) is 8.24. The van der Waals surface area contributed by atoms with Gasteiger partial charge in [0.1, 0.15) is 5.75 Å². The molecule has 1 unspecified atom stereocenters. The van der Waals surface area contributed by atoms with E-state index in [-0.39, 0.29) is 17.9 Å². The lowest BCUT2D eigenvalue weighted by Crippen LogP contribution is -2.36. The van der Waals surface area contributed by atoms with Gasteiger partial charge in [0.25, 0.3) is 0 Å². The van der Waals surface area contributed by atoms with Gasteiger partial charge in [-0.15, -0.1) is 0 Å². The number of rotatable bonds is 4. The molecule has 3 N–H and O–H groups in total. The Morgan fingerprint density at radius 1 is 1.38 bits per heavy atom. The first kappa shape index (κ1) is 14.4. The van der Waals surface area contributed by atoms with Gasteiger partial charge in [0.05, 0.1) is 13.2 Å². The zero-order valence-electron chi connectivity index (χ0n) is 12.6. The second-order valence-electron chi connectivity index (χ2n) is 6.16. The van der Waals surface area contributed by atoms with E-state index in [9.17, 15) is 4.79 Å². The summed E-state index contributed by atoms with van der Waals surface area (Å²) in [5, 5.41) is 3.24. The van der Waals surface area contributed by atoms with Crippen molar-refractivity contribution in [3.8, 4) is 5.75 Å². The first-order valence-electron chi connectivity index (χ1n) is 7.90. The van der Waals surface area contributed by atoms with E-state index >= 15 is 0 Å². The fourth-order valence-electron chi connectivity index (χ4n) is 3.90. The molecule has 0 heterocycles. The fraction of sp³-hybridized carbons (Fsp3) is 0.588. The van der Waals surface area contributed by atoms with Gasteiger partial charge >= 0.3 is 0 Å². The van der Waals surface area contributed by atoms with Gasteiger partial charge in [0.15, 0.2) is 0 Å². The van der Waals surface area contributed by atoms with Crippen molar-refractivity contribution in [2.75, 3.05) is 13.7 Å². The molecule has 0 radical (unpaired) electrons. The maximum atomic E-state index is 12.5. The number of nitrogens with two attached hydrogens (primary N) is 1. The van der Waals surface area contributed by atoms with Crippen LogP contribution in [0, 0.1) is 11.8 Å². The Hall–Kier alpha value is -1.55. The molecule has 3 atom stereocenters. The molecule has 1 fully saturated rings. The summed E-state index contributed by atoms with van der Waals surface area (Å²) in [4.78, 5) is 12.5. The summed E-state index contributed by atoms with van der Waals surface area (Å²) in [7, 11) is 1.70. The third kappa shape index (κ3) is 2.64. The molecule has 114 valence electrons. The number of hydrogen-bond donors (Lipinski definition) is 2. The Balaban J connectivity index is 1.72. The predicted octanol–water partition coefficient (Wildman–Crippen LogP) is 2.17. The maximum absolute atomic E-state index is 12.5. The number of carbonyl (C=O) groups is 1. The highest BCUT2D eigenvalue weighted by Gasteiger charge is 2.34. The van der Waals surface area contributed by atoms with Crippen molar-refractivity contribution < 1.29 is 9.53 Å². The van der Waals surface area contributed by atoms with Crippen LogP contribution in [0.25, 0.3) is 0 Å². The Labute approximate surface area is 126 Å². The van der Waals surface area contributed by atoms with Crippen molar-refractivity contribution in [3.63, 3.8) is 0 Å². The summed E-state index contributed by atoms with van der Waals surface area (Å²) in [5.74, 6) is 1.58. The molecule has 1 aromatic rings. The van der Waals surface area contributed by atoms with E-state index in [1.165, 1.54) is 11.1 Å². The Morgan fingerprint density at radius 3 is 3.00 bits per heavy atom. The van der Waals surface area contributed by atoms with Crippen molar-refractivity contribution in [2.45, 2.75) is 38.1 Å². The minimum absolute atomic E-state index is 0.102. The molecule has 0 spiro atoms. The monoisotopic (exact) mass is 288 g/mol. The smallest absolute Gasteiger partial charge is 0.223 e. The normalized spacial score (nSPS) is 27.4. The van der Waals surface area contributed by atoms with Crippen LogP contribution in [-0.4, -0.2) is 19.6 Å². The Bertz CT molecular complexity index is 530. The molecule has 2 aliphatic rings. The molecule has 1 saturated carbocycles. The van der Waals surface area contributed by atoms with Gasteiger partial charge in [-0.1, -0.05) is 18.6 Å². The van der Waals surface area contributed by atoms with E-state index in [0.29, 0.717) is 12.5 Å². The van der Waals surface area contributed by atoms with Crippen LogP contribution < -0.4 is 15.8 Å². The number of carbonyl (C=O) groups excluding carboxylic acids is 1. The van der Waals surface area contributed by atoms with Crippen LogP contribution in [0.4, 0.5) is 0 Å². The lowest BCUT2D eigenvalue weighted by molar-refractivity contribution is -0.126. The molecule has 4 heteroatoms. The summed E-state index contributed by atoms with van der Waals surface area (Å²) in [6, 6.07) is 6.22. The van der Waals surface area contributed by atoms with Gasteiger partial charge in [0, 0.05) is 5.92 Å². The maximum Gasteiger partial charge on any atom is 0.223 e. The van der Waals surface area contributed by atoms with E-state index in [1.807, 2.05) is 12.1 Å². The average molecular weight is 288 g/mol. The molecule has 0 saturated heterocycles. The van der Waals surface area contributed by atoms with Gasteiger partial charge in [0.2, 0.25) is 5.91 Å². The average Bonchev–Trinajstić information content (AvgIpc) is 3.13. The van der Waals surface area contributed by atoms with Crippen molar-refractivity contribution >= 4 is 5.91 Å². The second-order valence-corrected chi connectivity index (χ2v) is 6.16. The first-order chi connectivity index (χ1) is 10.2. The summed E-state index contributed by atoms with van der Waals surface area (Å²) >= 11 is 0. The van der Waals surface area contributed by atoms with Gasteiger partial charge < -0.3 is 15.8 Å². The van der Waals surface area contributed by atoms with Gasteiger partial charge in [-0.3, -0.25) is 4.79 Å². The van der Waals surface area contributed by atoms with Crippen LogP contribution in [0.5, 0.6) is 5.75 Å². The number of benzene rings is 1. The summed E-state index contributed by atoms with van der Waals surface area (Å²) in [6.07, 6.45) is 5.11. The van der Waals surface area contributed by atoms with Gasteiger partial charge in [-0.2, -0.15) is 0 Å². The van der Waals surface area contributed by atoms with E-state index in [2.05, 4.69) is 11.4 Å². The predicted molar refractivity (Wildman–Crippen MR) is 82.1 cm³/mol. The molecule has 3 rings (SSSR count). The van der Waals surface area contributed by atoms with Crippen LogP contribution >= 0.6 is 0 Å². The minimum atomic E-state index is 0.102. The summed E-state index contributed by atoms with van der Waals surface area (Å²) in [6.45, 7) is 0.618. The van der Waals surface area contributed by atoms with Crippen LogP contribution in [0.3, 0.4) is 0 Å². The molecular formula is C17H24N2O2. The van der Waals surface area contributed by atoms with E-state index in [0.717, 1.165) is 37.9 Å². The topological polar surface area (TPSA) is 64.3 Å². The Morgan fingerprint density at radius 2 is 2.24 bits per heavy atom. The number of hydrogen-bond acceptors (Lipinski definition) is 3. The quantitative estimate of drug-likeness (QED) is 0.892. The van der Waals surface area contributed by atoms with Crippen molar-refractivity contribution in [1.82, 2.24) is 5.32 Å². The van der Waals surface area contributed by atoms with Crippen molar-refractivity contribution in [2.24, 2.45) is 17.6 Å². The molecule has 21 heavy (non-hydrogen) atoms. The number of methoxy groups -OCH3 is 1. The SMILES string of the molecule is COc1cccc2c1CCC2NC(=O)[C@@H]1CCC[C@@H]1CN.